The summed E-state index contributed by atoms with van der Waals surface area (Å²) < 4.78 is 42.6. The van der Waals surface area contributed by atoms with Crippen LogP contribution in [0.1, 0.15) is 6.92 Å². The third-order valence-electron chi connectivity index (χ3n) is 1.60. The third kappa shape index (κ3) is 21.1. The van der Waals surface area contributed by atoms with Crippen LogP contribution in [0.5, 0.6) is 0 Å². The second kappa shape index (κ2) is 13.7. The Labute approximate surface area is 125 Å². The van der Waals surface area contributed by atoms with Gasteiger partial charge in [0.15, 0.2) is 0 Å². The standard InChI is InChI=1S/C7H12N2O.C2H3ClO2.C2H3F3O/c1-2-10-6-5-9-4-3-8-7-9;1-5-2(3)4;3-2(4,5)1-6/h3-4,7H,2,5-6H2,1H3;1H3;6H,1H2. The van der Waals surface area contributed by atoms with E-state index < -0.39 is 18.2 Å². The van der Waals surface area contributed by atoms with Gasteiger partial charge in [0.05, 0.1) is 20.0 Å². The van der Waals surface area contributed by atoms with Gasteiger partial charge in [-0.05, 0) is 6.92 Å². The summed E-state index contributed by atoms with van der Waals surface area (Å²) in [5.41, 5.74) is -0.773. The first-order chi connectivity index (χ1) is 9.76. The van der Waals surface area contributed by atoms with Crippen molar-refractivity contribution in [1.82, 2.24) is 9.55 Å². The first-order valence-corrected chi connectivity index (χ1v) is 6.09. The smallest absolute Gasteiger partial charge is 0.411 e. The zero-order valence-electron chi connectivity index (χ0n) is 11.6. The van der Waals surface area contributed by atoms with Crippen molar-refractivity contribution in [2.75, 3.05) is 26.9 Å². The third-order valence-corrected chi connectivity index (χ3v) is 1.75. The number of carbonyl (C=O) groups excluding carboxylic acids is 1. The number of hydrogen-bond acceptors (Lipinski definition) is 5. The average Bonchev–Trinajstić information content (AvgIpc) is 2.93. The number of nitrogens with zero attached hydrogens (tertiary/aromatic N) is 2. The van der Waals surface area contributed by atoms with E-state index in [2.05, 4.69) is 21.3 Å². The Morgan fingerprint density at radius 1 is 1.48 bits per heavy atom. The minimum Gasteiger partial charge on any atom is -0.457 e. The molecule has 0 aromatic carbocycles. The molecular formula is C11H18ClF3N2O4. The summed E-state index contributed by atoms with van der Waals surface area (Å²) in [6, 6.07) is 0. The fourth-order valence-electron chi connectivity index (χ4n) is 0.733. The van der Waals surface area contributed by atoms with E-state index in [9.17, 15) is 18.0 Å². The molecule has 0 fully saturated rings. The minimum atomic E-state index is -4.40. The Bertz CT molecular complexity index is 348. The summed E-state index contributed by atoms with van der Waals surface area (Å²) in [4.78, 5) is 13.3. The first kappa shape index (κ1) is 22.0. The number of hydrogen-bond donors (Lipinski definition) is 1. The Kier molecular flexibility index (Phi) is 14.3. The van der Waals surface area contributed by atoms with Crippen LogP contribution in [0.4, 0.5) is 18.0 Å². The van der Waals surface area contributed by atoms with Crippen molar-refractivity contribution in [2.45, 2.75) is 19.6 Å². The maximum Gasteiger partial charge on any atom is 0.411 e. The maximum atomic E-state index is 10.5. The number of alkyl halides is 3. The highest BCUT2D eigenvalue weighted by Crippen LogP contribution is 2.11. The zero-order valence-corrected chi connectivity index (χ0v) is 12.4. The molecule has 1 aromatic heterocycles. The Hall–Kier alpha value is -1.32. The fourth-order valence-corrected chi connectivity index (χ4v) is 0.733. The molecule has 0 saturated carbocycles. The van der Waals surface area contributed by atoms with Gasteiger partial charge >= 0.3 is 11.6 Å². The van der Waals surface area contributed by atoms with Crippen LogP contribution >= 0.6 is 11.6 Å². The van der Waals surface area contributed by atoms with Crippen molar-refractivity contribution in [3.05, 3.63) is 18.7 Å². The van der Waals surface area contributed by atoms with Gasteiger partial charge in [-0.25, -0.2) is 9.78 Å². The average molecular weight is 335 g/mol. The maximum absolute atomic E-state index is 10.5. The van der Waals surface area contributed by atoms with Gasteiger partial charge in [0.1, 0.15) is 6.61 Å². The van der Waals surface area contributed by atoms with Crippen LogP contribution in [0, 0.1) is 0 Å². The van der Waals surface area contributed by atoms with Crippen LogP contribution in [-0.2, 0) is 16.0 Å². The second-order valence-corrected chi connectivity index (χ2v) is 3.52. The lowest BCUT2D eigenvalue weighted by molar-refractivity contribution is -0.159. The molecule has 124 valence electrons. The van der Waals surface area contributed by atoms with Crippen LogP contribution in [0.3, 0.4) is 0 Å². The molecule has 10 heteroatoms. The van der Waals surface area contributed by atoms with Crippen molar-refractivity contribution in [3.8, 4) is 0 Å². The van der Waals surface area contributed by atoms with E-state index in [1.165, 1.54) is 7.11 Å². The summed E-state index contributed by atoms with van der Waals surface area (Å²) in [7, 11) is 1.22. The van der Waals surface area contributed by atoms with Crippen LogP contribution in [0.25, 0.3) is 0 Å². The number of ether oxygens (including phenoxy) is 2. The Balaban J connectivity index is 0. The predicted molar refractivity (Wildman–Crippen MR) is 70.1 cm³/mol. The highest BCUT2D eigenvalue weighted by Gasteiger charge is 2.24. The number of rotatable bonds is 4. The number of aromatic nitrogens is 2. The lowest BCUT2D eigenvalue weighted by Gasteiger charge is -2.00. The normalized spacial score (nSPS) is 9.86. The van der Waals surface area contributed by atoms with E-state index in [1.54, 1.807) is 12.5 Å². The predicted octanol–water partition coefficient (Wildman–Crippen LogP) is 2.45. The summed E-state index contributed by atoms with van der Waals surface area (Å²) in [6.07, 6.45) is 1.09. The second-order valence-electron chi connectivity index (χ2n) is 3.21. The van der Waals surface area contributed by atoms with Gasteiger partial charge in [0.25, 0.3) is 0 Å². The molecule has 0 unspecified atom stereocenters. The molecule has 0 saturated heterocycles. The van der Waals surface area contributed by atoms with E-state index >= 15 is 0 Å². The van der Waals surface area contributed by atoms with Crippen molar-refractivity contribution in [1.29, 1.82) is 0 Å². The number of aliphatic hydroxyl groups excluding tert-OH is 1. The highest BCUT2D eigenvalue weighted by atomic mass is 35.5. The quantitative estimate of drug-likeness (QED) is 0.676. The van der Waals surface area contributed by atoms with Crippen molar-refractivity contribution >= 4 is 17.0 Å². The number of carbonyl (C=O) groups is 1. The summed E-state index contributed by atoms with van der Waals surface area (Å²) in [5.74, 6) is 0. The highest BCUT2D eigenvalue weighted by molar-refractivity contribution is 6.61. The first-order valence-electron chi connectivity index (χ1n) is 5.71. The lowest BCUT2D eigenvalue weighted by atomic mass is 10.6. The van der Waals surface area contributed by atoms with Gasteiger partial charge in [-0.3, -0.25) is 0 Å². The van der Waals surface area contributed by atoms with Gasteiger partial charge < -0.3 is 19.1 Å². The van der Waals surface area contributed by atoms with E-state index in [0.717, 1.165) is 19.8 Å². The molecule has 21 heavy (non-hydrogen) atoms. The Morgan fingerprint density at radius 2 is 2.00 bits per heavy atom. The zero-order chi connectivity index (χ0) is 16.7. The number of imidazole rings is 1. The number of aliphatic hydroxyl groups is 1. The molecule has 0 amide bonds. The van der Waals surface area contributed by atoms with E-state index in [-0.39, 0.29) is 0 Å². The minimum absolute atomic E-state index is 0.771. The van der Waals surface area contributed by atoms with Gasteiger partial charge in [-0.15, -0.1) is 0 Å². The topological polar surface area (TPSA) is 73.6 Å². The van der Waals surface area contributed by atoms with Gasteiger partial charge in [0, 0.05) is 37.1 Å². The van der Waals surface area contributed by atoms with E-state index in [4.69, 9.17) is 9.84 Å². The number of halogens is 4. The van der Waals surface area contributed by atoms with Crippen LogP contribution in [0.2, 0.25) is 0 Å². The van der Waals surface area contributed by atoms with Crippen LogP contribution in [0.15, 0.2) is 18.7 Å². The molecule has 6 nitrogen and oxygen atoms in total. The fraction of sp³-hybridized carbons (Fsp3) is 0.636. The molecule has 0 spiro atoms. The van der Waals surface area contributed by atoms with Gasteiger partial charge in [-0.2, -0.15) is 13.2 Å². The van der Waals surface area contributed by atoms with Gasteiger partial charge in [-0.1, -0.05) is 0 Å². The molecule has 0 radical (unpaired) electrons. The lowest BCUT2D eigenvalue weighted by Crippen LogP contribution is -2.12. The molecule has 1 rings (SSSR count). The monoisotopic (exact) mass is 334 g/mol. The SMILES string of the molecule is CCOCCn1ccnc1.COC(=O)Cl.OCC(F)(F)F. The molecule has 1 aromatic rings. The molecule has 0 bridgehead atoms. The van der Waals surface area contributed by atoms with Crippen molar-refractivity contribution < 1.29 is 32.5 Å². The molecule has 0 aliphatic carbocycles. The van der Waals surface area contributed by atoms with E-state index in [1.807, 2.05) is 17.7 Å². The summed E-state index contributed by atoms with van der Waals surface area (Å²) in [6.45, 7) is 2.72. The molecule has 1 heterocycles. The van der Waals surface area contributed by atoms with Crippen LogP contribution in [-0.4, -0.2) is 53.2 Å². The largest absolute Gasteiger partial charge is 0.457 e. The van der Waals surface area contributed by atoms with Crippen molar-refractivity contribution in [2.24, 2.45) is 0 Å². The Morgan fingerprint density at radius 3 is 2.29 bits per heavy atom. The molecule has 0 atom stereocenters. The van der Waals surface area contributed by atoms with Gasteiger partial charge in [0.2, 0.25) is 0 Å². The summed E-state index contributed by atoms with van der Waals surface area (Å²) in [5, 5.41) is 7.28. The summed E-state index contributed by atoms with van der Waals surface area (Å²) >= 11 is 4.60. The molecule has 1 N–H and O–H groups in total. The number of methoxy groups -OCH3 is 1. The van der Waals surface area contributed by atoms with E-state index in [0.29, 0.717) is 0 Å². The molecule has 0 aliphatic heterocycles. The molecule has 0 aliphatic rings. The van der Waals surface area contributed by atoms with Crippen molar-refractivity contribution in [3.63, 3.8) is 0 Å². The van der Waals surface area contributed by atoms with Crippen LogP contribution < -0.4 is 0 Å². The molecular weight excluding hydrogens is 317 g/mol.